The molecular weight excluding hydrogens is 336 g/mol. The van der Waals surface area contributed by atoms with Crippen molar-refractivity contribution >= 4 is 5.69 Å². The number of hydrogen-bond acceptors (Lipinski definition) is 6. The molecule has 0 aliphatic carbocycles. The number of likely N-dealkylation sites (tertiary alicyclic amines) is 1. The second-order valence-electron chi connectivity index (χ2n) is 6.86. The Hall–Kier alpha value is -2.00. The molecular formula is C16H23F2N3O4. The van der Waals surface area contributed by atoms with Gasteiger partial charge in [-0.25, -0.2) is 0 Å². The fourth-order valence-corrected chi connectivity index (χ4v) is 3.10. The first-order chi connectivity index (χ1) is 11.6. The molecule has 7 nitrogen and oxygen atoms in total. The van der Waals surface area contributed by atoms with Crippen LogP contribution < -0.4 is 15.2 Å². The van der Waals surface area contributed by atoms with Crippen LogP contribution in [0.1, 0.15) is 25.8 Å². The summed E-state index contributed by atoms with van der Waals surface area (Å²) < 4.78 is 34.4. The van der Waals surface area contributed by atoms with E-state index in [1.807, 2.05) is 0 Å². The minimum absolute atomic E-state index is 0.0360. The minimum Gasteiger partial charge on any atom is -0.493 e. The molecule has 0 saturated carbocycles. The van der Waals surface area contributed by atoms with Crippen molar-refractivity contribution < 1.29 is 23.2 Å². The number of halogens is 2. The zero-order valence-corrected chi connectivity index (χ0v) is 14.5. The van der Waals surface area contributed by atoms with Gasteiger partial charge >= 0.3 is 6.61 Å². The molecule has 2 N–H and O–H groups in total. The molecule has 0 bridgehead atoms. The molecule has 1 aliphatic rings. The van der Waals surface area contributed by atoms with Gasteiger partial charge in [0.1, 0.15) is 0 Å². The van der Waals surface area contributed by atoms with E-state index in [4.69, 9.17) is 10.5 Å². The Bertz CT molecular complexity index is 640. The smallest absolute Gasteiger partial charge is 0.387 e. The number of piperidine rings is 1. The molecule has 0 radical (unpaired) electrons. The van der Waals surface area contributed by atoms with Crippen LogP contribution in [-0.4, -0.2) is 42.7 Å². The number of nitro groups is 1. The molecule has 9 heteroatoms. The minimum atomic E-state index is -3.09. The van der Waals surface area contributed by atoms with E-state index >= 15 is 0 Å². The molecule has 1 unspecified atom stereocenters. The molecule has 1 aliphatic heterocycles. The molecule has 1 aromatic carbocycles. The summed E-state index contributed by atoms with van der Waals surface area (Å²) in [5.41, 5.74) is 6.11. The summed E-state index contributed by atoms with van der Waals surface area (Å²) in [6, 6.07) is 2.44. The third-order valence-corrected chi connectivity index (χ3v) is 4.56. The summed E-state index contributed by atoms with van der Waals surface area (Å²) in [5, 5.41) is 11.4. The van der Waals surface area contributed by atoms with Crippen LogP contribution in [0.15, 0.2) is 12.1 Å². The first-order valence-electron chi connectivity index (χ1n) is 7.92. The number of ether oxygens (including phenoxy) is 2. The summed E-state index contributed by atoms with van der Waals surface area (Å²) in [4.78, 5) is 12.8. The third kappa shape index (κ3) is 4.55. The lowest BCUT2D eigenvalue weighted by molar-refractivity contribution is -0.385. The van der Waals surface area contributed by atoms with Crippen LogP contribution >= 0.6 is 0 Å². The van der Waals surface area contributed by atoms with Gasteiger partial charge in [0.15, 0.2) is 11.5 Å². The molecule has 0 aromatic heterocycles. The van der Waals surface area contributed by atoms with E-state index in [1.54, 1.807) is 0 Å². The van der Waals surface area contributed by atoms with E-state index in [1.165, 1.54) is 13.2 Å². The van der Waals surface area contributed by atoms with E-state index in [0.29, 0.717) is 25.2 Å². The fourth-order valence-electron chi connectivity index (χ4n) is 3.10. The SMILES string of the molecule is COc1cc(CN2CCC(N)C(C)(C)C2)c([N+](=O)[O-])cc1OC(F)F. The Morgan fingerprint density at radius 2 is 2.12 bits per heavy atom. The Morgan fingerprint density at radius 3 is 2.64 bits per heavy atom. The Balaban J connectivity index is 2.31. The van der Waals surface area contributed by atoms with Crippen molar-refractivity contribution in [2.75, 3.05) is 20.2 Å². The van der Waals surface area contributed by atoms with Gasteiger partial charge in [0, 0.05) is 31.2 Å². The van der Waals surface area contributed by atoms with Crippen molar-refractivity contribution in [1.29, 1.82) is 0 Å². The van der Waals surface area contributed by atoms with Crippen LogP contribution in [0.3, 0.4) is 0 Å². The predicted molar refractivity (Wildman–Crippen MR) is 87.9 cm³/mol. The van der Waals surface area contributed by atoms with Crippen LogP contribution in [0.2, 0.25) is 0 Å². The summed E-state index contributed by atoms with van der Waals surface area (Å²) in [6.45, 7) is 2.71. The molecule has 140 valence electrons. The standard InChI is InChI=1S/C16H23F2N3O4/c1-16(2)9-20(5-4-14(16)19)8-10-6-12(24-3)13(25-15(17)18)7-11(10)21(22)23/h6-7,14-15H,4-5,8-9,19H2,1-3H3. The van der Waals surface area contributed by atoms with Gasteiger partial charge in [0.25, 0.3) is 5.69 Å². The predicted octanol–water partition coefficient (Wildman–Crippen LogP) is 2.76. The maximum absolute atomic E-state index is 12.5. The summed E-state index contributed by atoms with van der Waals surface area (Å²) in [5.74, 6) is -0.317. The molecule has 0 spiro atoms. The zero-order chi connectivity index (χ0) is 18.8. The van der Waals surface area contributed by atoms with E-state index < -0.39 is 11.5 Å². The normalized spacial score (nSPS) is 20.5. The van der Waals surface area contributed by atoms with Crippen LogP contribution in [0.25, 0.3) is 0 Å². The average Bonchev–Trinajstić information content (AvgIpc) is 2.50. The summed E-state index contributed by atoms with van der Waals surface area (Å²) in [6.07, 6.45) is 0.782. The highest BCUT2D eigenvalue weighted by molar-refractivity contribution is 5.54. The van der Waals surface area contributed by atoms with Crippen molar-refractivity contribution in [3.05, 3.63) is 27.8 Å². The first kappa shape index (κ1) is 19.3. The number of nitro benzene ring substituents is 1. The lowest BCUT2D eigenvalue weighted by Gasteiger charge is -2.42. The maximum atomic E-state index is 12.5. The van der Waals surface area contributed by atoms with Crippen molar-refractivity contribution in [1.82, 2.24) is 4.90 Å². The monoisotopic (exact) mass is 359 g/mol. The molecule has 2 rings (SSSR count). The number of methoxy groups -OCH3 is 1. The number of hydrogen-bond donors (Lipinski definition) is 1. The summed E-state index contributed by atoms with van der Waals surface area (Å²) in [7, 11) is 1.30. The van der Waals surface area contributed by atoms with Gasteiger partial charge < -0.3 is 15.2 Å². The Kier molecular flexibility index (Phi) is 5.79. The lowest BCUT2D eigenvalue weighted by Crippen LogP contribution is -2.52. The molecule has 1 fully saturated rings. The molecule has 25 heavy (non-hydrogen) atoms. The highest BCUT2D eigenvalue weighted by atomic mass is 19.3. The molecule has 1 heterocycles. The van der Waals surface area contributed by atoms with Crippen molar-refractivity contribution in [3.63, 3.8) is 0 Å². The van der Waals surface area contributed by atoms with Gasteiger partial charge in [-0.15, -0.1) is 0 Å². The Morgan fingerprint density at radius 1 is 1.44 bits per heavy atom. The van der Waals surface area contributed by atoms with Crippen LogP contribution in [-0.2, 0) is 6.54 Å². The quantitative estimate of drug-likeness (QED) is 0.620. The first-order valence-corrected chi connectivity index (χ1v) is 7.92. The van der Waals surface area contributed by atoms with E-state index in [2.05, 4.69) is 23.5 Å². The van der Waals surface area contributed by atoms with Gasteiger partial charge in [-0.3, -0.25) is 15.0 Å². The zero-order valence-electron chi connectivity index (χ0n) is 14.5. The third-order valence-electron chi connectivity index (χ3n) is 4.56. The van der Waals surface area contributed by atoms with Gasteiger partial charge in [-0.2, -0.15) is 8.78 Å². The van der Waals surface area contributed by atoms with Crippen LogP contribution in [0.5, 0.6) is 11.5 Å². The van der Waals surface area contributed by atoms with Gasteiger partial charge in [0.2, 0.25) is 0 Å². The average molecular weight is 359 g/mol. The molecule has 0 amide bonds. The van der Waals surface area contributed by atoms with Crippen molar-refractivity contribution in [3.8, 4) is 11.5 Å². The van der Waals surface area contributed by atoms with Crippen molar-refractivity contribution in [2.45, 2.75) is 39.5 Å². The summed E-state index contributed by atoms with van der Waals surface area (Å²) >= 11 is 0. The van der Waals surface area contributed by atoms with Gasteiger partial charge in [0.05, 0.1) is 18.1 Å². The number of nitrogens with zero attached hydrogens (tertiary/aromatic N) is 2. The van der Waals surface area contributed by atoms with Crippen LogP contribution in [0.4, 0.5) is 14.5 Å². The number of alkyl halides is 2. The Labute approximate surface area is 144 Å². The van der Waals surface area contributed by atoms with Gasteiger partial charge in [-0.05, 0) is 17.9 Å². The highest BCUT2D eigenvalue weighted by Crippen LogP contribution is 2.37. The van der Waals surface area contributed by atoms with E-state index in [9.17, 15) is 18.9 Å². The molecule has 1 aromatic rings. The van der Waals surface area contributed by atoms with E-state index in [0.717, 1.165) is 12.5 Å². The fraction of sp³-hybridized carbons (Fsp3) is 0.625. The van der Waals surface area contributed by atoms with Crippen molar-refractivity contribution in [2.24, 2.45) is 11.1 Å². The molecule has 1 atom stereocenters. The van der Waals surface area contributed by atoms with E-state index in [-0.39, 0.29) is 28.6 Å². The molecule has 1 saturated heterocycles. The second kappa shape index (κ2) is 7.49. The van der Waals surface area contributed by atoms with Crippen LogP contribution in [0, 0.1) is 15.5 Å². The second-order valence-corrected chi connectivity index (χ2v) is 6.86. The number of nitrogens with two attached hydrogens (primary N) is 1. The highest BCUT2D eigenvalue weighted by Gasteiger charge is 2.34. The van der Waals surface area contributed by atoms with Gasteiger partial charge in [-0.1, -0.05) is 13.8 Å². The number of benzene rings is 1. The number of rotatable bonds is 6. The topological polar surface area (TPSA) is 90.9 Å². The lowest BCUT2D eigenvalue weighted by atomic mass is 9.79. The largest absolute Gasteiger partial charge is 0.493 e. The maximum Gasteiger partial charge on any atom is 0.387 e.